The maximum Gasteiger partial charge on any atom is 0.293 e. The van der Waals surface area contributed by atoms with E-state index < -0.39 is 0 Å². The van der Waals surface area contributed by atoms with E-state index in [1.54, 1.807) is 40.3 Å². The number of anilines is 3. The lowest BCUT2D eigenvalue weighted by Gasteiger charge is -2.18. The number of nitrogens with one attached hydrogen (secondary N) is 1. The highest BCUT2D eigenvalue weighted by molar-refractivity contribution is 6.09. The molecule has 2 amide bonds. The van der Waals surface area contributed by atoms with Crippen molar-refractivity contribution in [2.24, 2.45) is 0 Å². The summed E-state index contributed by atoms with van der Waals surface area (Å²) in [5.41, 5.74) is 2.96. The number of pyridine rings is 1. The molecular weight excluding hydrogens is 356 g/mol. The van der Waals surface area contributed by atoms with Gasteiger partial charge in [0.1, 0.15) is 5.82 Å². The van der Waals surface area contributed by atoms with Crippen LogP contribution in [-0.2, 0) is 6.42 Å². The van der Waals surface area contributed by atoms with Crippen molar-refractivity contribution in [2.75, 3.05) is 35.8 Å². The van der Waals surface area contributed by atoms with Crippen molar-refractivity contribution < 1.29 is 14.0 Å². The topological polar surface area (TPSA) is 78.7 Å². The van der Waals surface area contributed by atoms with E-state index in [9.17, 15) is 9.59 Å². The maximum absolute atomic E-state index is 12.8. The maximum atomic E-state index is 12.8. The predicted octanol–water partition coefficient (Wildman–Crippen LogP) is 3.20. The summed E-state index contributed by atoms with van der Waals surface area (Å²) in [6.07, 6.45) is 3.90. The number of carbonyl (C=O) groups excluding carboxylic acids is 2. The SMILES string of the molecule is CN(C)c1ncccc1C(=O)Nc1ccc2c(c1)N(C(=O)c1ccco1)CC2. The molecule has 3 heterocycles. The molecule has 0 unspecified atom stereocenters. The van der Waals surface area contributed by atoms with Crippen LogP contribution in [0.1, 0.15) is 26.5 Å². The number of carbonyl (C=O) groups is 2. The molecule has 4 rings (SSSR count). The Hall–Kier alpha value is -3.61. The number of benzene rings is 1. The summed E-state index contributed by atoms with van der Waals surface area (Å²) in [5.74, 6) is 0.456. The van der Waals surface area contributed by atoms with Gasteiger partial charge in [-0.15, -0.1) is 0 Å². The summed E-state index contributed by atoms with van der Waals surface area (Å²) in [6, 6.07) is 12.4. The third-order valence-electron chi connectivity index (χ3n) is 4.67. The Morgan fingerprint density at radius 2 is 2.04 bits per heavy atom. The lowest BCUT2D eigenvalue weighted by Crippen LogP contribution is -2.28. The van der Waals surface area contributed by atoms with Crippen LogP contribution in [0.15, 0.2) is 59.3 Å². The molecule has 1 aromatic carbocycles. The van der Waals surface area contributed by atoms with Crippen LogP contribution in [0, 0.1) is 0 Å². The van der Waals surface area contributed by atoms with E-state index in [4.69, 9.17) is 4.42 Å². The minimum absolute atomic E-state index is 0.186. The number of rotatable bonds is 4. The first kappa shape index (κ1) is 17.8. The van der Waals surface area contributed by atoms with Gasteiger partial charge < -0.3 is 19.5 Å². The van der Waals surface area contributed by atoms with E-state index in [1.165, 1.54) is 6.26 Å². The fraction of sp³-hybridized carbons (Fsp3) is 0.190. The molecule has 0 saturated carbocycles. The zero-order valence-corrected chi connectivity index (χ0v) is 15.7. The first-order chi connectivity index (χ1) is 13.5. The van der Waals surface area contributed by atoms with Crippen LogP contribution in [0.3, 0.4) is 0 Å². The second kappa shape index (κ2) is 7.19. The molecule has 0 atom stereocenters. The molecule has 1 N–H and O–H groups in total. The zero-order valence-electron chi connectivity index (χ0n) is 15.7. The van der Waals surface area contributed by atoms with Gasteiger partial charge in [-0.1, -0.05) is 6.07 Å². The van der Waals surface area contributed by atoms with Crippen molar-refractivity contribution in [3.8, 4) is 0 Å². The fourth-order valence-electron chi connectivity index (χ4n) is 3.33. The van der Waals surface area contributed by atoms with E-state index in [0.717, 1.165) is 17.7 Å². The molecule has 7 nitrogen and oxygen atoms in total. The van der Waals surface area contributed by atoms with E-state index >= 15 is 0 Å². The highest BCUT2D eigenvalue weighted by Crippen LogP contribution is 2.32. The van der Waals surface area contributed by atoms with Crippen LogP contribution < -0.4 is 15.1 Å². The summed E-state index contributed by atoms with van der Waals surface area (Å²) in [6.45, 7) is 0.583. The number of hydrogen-bond acceptors (Lipinski definition) is 5. The summed E-state index contributed by atoms with van der Waals surface area (Å²) in [4.78, 5) is 33.2. The number of furan rings is 1. The number of hydrogen-bond donors (Lipinski definition) is 1. The van der Waals surface area contributed by atoms with Crippen LogP contribution in [0.5, 0.6) is 0 Å². The summed E-state index contributed by atoms with van der Waals surface area (Å²) in [7, 11) is 3.68. The van der Waals surface area contributed by atoms with Gasteiger partial charge in [0.15, 0.2) is 5.76 Å². The first-order valence-electron chi connectivity index (χ1n) is 8.96. The number of nitrogens with zero attached hydrogens (tertiary/aromatic N) is 3. The lowest BCUT2D eigenvalue weighted by atomic mass is 10.1. The molecule has 7 heteroatoms. The molecule has 0 fully saturated rings. The van der Waals surface area contributed by atoms with E-state index in [1.807, 2.05) is 32.3 Å². The molecule has 142 valence electrons. The molecule has 2 aromatic heterocycles. The average molecular weight is 376 g/mol. The minimum atomic E-state index is -0.251. The average Bonchev–Trinajstić information content (AvgIpc) is 3.37. The van der Waals surface area contributed by atoms with Gasteiger partial charge in [-0.2, -0.15) is 0 Å². The number of aromatic nitrogens is 1. The fourth-order valence-corrected chi connectivity index (χ4v) is 3.33. The van der Waals surface area contributed by atoms with E-state index in [2.05, 4.69) is 10.3 Å². The molecule has 3 aromatic rings. The zero-order chi connectivity index (χ0) is 19.7. The van der Waals surface area contributed by atoms with Crippen LogP contribution in [0.4, 0.5) is 17.2 Å². The van der Waals surface area contributed by atoms with Crippen molar-refractivity contribution >= 4 is 29.0 Å². The predicted molar refractivity (Wildman–Crippen MR) is 107 cm³/mol. The van der Waals surface area contributed by atoms with Gasteiger partial charge >= 0.3 is 0 Å². The Morgan fingerprint density at radius 1 is 1.18 bits per heavy atom. The third kappa shape index (κ3) is 3.22. The minimum Gasteiger partial charge on any atom is -0.459 e. The molecular formula is C21H20N4O3. The molecule has 0 bridgehead atoms. The van der Waals surface area contributed by atoms with E-state index in [0.29, 0.717) is 29.4 Å². The Labute approximate surface area is 162 Å². The normalized spacial score (nSPS) is 12.6. The quantitative estimate of drug-likeness (QED) is 0.757. The van der Waals surface area contributed by atoms with Crippen molar-refractivity contribution in [3.05, 3.63) is 71.8 Å². The van der Waals surface area contributed by atoms with Gasteiger partial charge in [0.05, 0.1) is 11.8 Å². The van der Waals surface area contributed by atoms with Gasteiger partial charge in [0.25, 0.3) is 11.8 Å². The van der Waals surface area contributed by atoms with Gasteiger partial charge in [-0.3, -0.25) is 9.59 Å². The van der Waals surface area contributed by atoms with Crippen molar-refractivity contribution in [2.45, 2.75) is 6.42 Å². The number of amides is 2. The Kier molecular flexibility index (Phi) is 4.57. The van der Waals surface area contributed by atoms with Gasteiger partial charge in [-0.25, -0.2) is 4.98 Å². The summed E-state index contributed by atoms with van der Waals surface area (Å²) >= 11 is 0. The second-order valence-electron chi connectivity index (χ2n) is 6.75. The Balaban J connectivity index is 1.59. The van der Waals surface area contributed by atoms with Crippen molar-refractivity contribution in [1.82, 2.24) is 4.98 Å². The van der Waals surface area contributed by atoms with Gasteiger partial charge in [0.2, 0.25) is 0 Å². The standard InChI is InChI=1S/C21H20N4O3/c1-24(2)19-16(5-3-10-22-19)20(26)23-15-8-7-14-9-11-25(17(14)13-15)21(27)18-6-4-12-28-18/h3-8,10,12-13H,9,11H2,1-2H3,(H,23,26). The molecule has 0 radical (unpaired) electrons. The molecule has 0 aliphatic carbocycles. The molecule has 28 heavy (non-hydrogen) atoms. The van der Waals surface area contributed by atoms with Gasteiger partial charge in [-0.05, 0) is 48.4 Å². The molecule has 0 spiro atoms. The van der Waals surface area contributed by atoms with Gasteiger partial charge in [0, 0.05) is 38.2 Å². The van der Waals surface area contributed by atoms with Crippen LogP contribution in [0.25, 0.3) is 0 Å². The third-order valence-corrected chi connectivity index (χ3v) is 4.67. The molecule has 1 aliphatic rings. The van der Waals surface area contributed by atoms with E-state index in [-0.39, 0.29) is 11.8 Å². The monoisotopic (exact) mass is 376 g/mol. The highest BCUT2D eigenvalue weighted by Gasteiger charge is 2.27. The van der Waals surface area contributed by atoms with Crippen LogP contribution in [0.2, 0.25) is 0 Å². The Bertz CT molecular complexity index is 1030. The van der Waals surface area contributed by atoms with Crippen molar-refractivity contribution in [3.63, 3.8) is 0 Å². The second-order valence-corrected chi connectivity index (χ2v) is 6.75. The largest absolute Gasteiger partial charge is 0.459 e. The summed E-state index contributed by atoms with van der Waals surface area (Å²) < 4.78 is 5.24. The van der Waals surface area contributed by atoms with Crippen molar-refractivity contribution in [1.29, 1.82) is 0 Å². The number of fused-ring (bicyclic) bond motifs is 1. The molecule has 1 aliphatic heterocycles. The highest BCUT2D eigenvalue weighted by atomic mass is 16.3. The first-order valence-corrected chi connectivity index (χ1v) is 8.96. The smallest absolute Gasteiger partial charge is 0.293 e. The summed E-state index contributed by atoms with van der Waals surface area (Å²) in [5, 5.41) is 2.91. The van der Waals surface area contributed by atoms with Crippen LogP contribution >= 0.6 is 0 Å². The Morgan fingerprint density at radius 3 is 2.79 bits per heavy atom. The lowest BCUT2D eigenvalue weighted by molar-refractivity contribution is 0.0962. The van der Waals surface area contributed by atoms with Crippen LogP contribution in [-0.4, -0.2) is 37.4 Å². The molecule has 0 saturated heterocycles.